The van der Waals surface area contributed by atoms with Gasteiger partial charge in [-0.3, -0.25) is 14.9 Å². The fourth-order valence-electron chi connectivity index (χ4n) is 3.13. The maximum absolute atomic E-state index is 12.8. The fourth-order valence-corrected chi connectivity index (χ4v) is 5.08. The first kappa shape index (κ1) is 22.8. The van der Waals surface area contributed by atoms with Crippen molar-refractivity contribution in [2.24, 2.45) is 0 Å². The van der Waals surface area contributed by atoms with E-state index in [1.54, 1.807) is 16.7 Å². The molecule has 0 spiro atoms. The number of carbonyl (C=O) groups is 2. The number of amides is 1. The van der Waals surface area contributed by atoms with Gasteiger partial charge in [0.2, 0.25) is 0 Å². The fraction of sp³-hybridized carbons (Fsp3) is 0.300. The quantitative estimate of drug-likeness (QED) is 0.376. The van der Waals surface area contributed by atoms with Crippen LogP contribution in [0.15, 0.2) is 52.3 Å². The third-order valence-electron chi connectivity index (χ3n) is 4.66. The van der Waals surface area contributed by atoms with Crippen molar-refractivity contribution in [1.29, 1.82) is 0 Å². The molecule has 0 N–H and O–H groups in total. The van der Waals surface area contributed by atoms with E-state index in [2.05, 4.69) is 6.92 Å². The van der Waals surface area contributed by atoms with Crippen molar-refractivity contribution in [3.05, 3.63) is 58.1 Å². The Kier molecular flexibility index (Phi) is 6.65. The number of rotatable bonds is 5. The number of thioether (sulfide) groups is 1. The molecular weight excluding hydrogens is 444 g/mol. The van der Waals surface area contributed by atoms with Gasteiger partial charge in [-0.1, -0.05) is 19.1 Å². The molecule has 0 bridgehead atoms. The average molecular weight is 465 g/mol. The summed E-state index contributed by atoms with van der Waals surface area (Å²) in [5, 5.41) is 11.5. The molecule has 0 saturated carbocycles. The average Bonchev–Trinajstić information content (AvgIpc) is 2.88. The zero-order chi connectivity index (χ0) is 22.8. The molecule has 1 aliphatic rings. The number of nitro groups is 1. The molecule has 0 saturated heterocycles. The maximum Gasteiger partial charge on any atom is 0.338 e. The monoisotopic (exact) mass is 464 g/mol. The minimum atomic E-state index is -3.85. The summed E-state index contributed by atoms with van der Waals surface area (Å²) in [5.74, 6) is -1.37. The van der Waals surface area contributed by atoms with Crippen molar-refractivity contribution in [3.63, 3.8) is 0 Å². The number of hydrogen-bond donors (Lipinski definition) is 0. The van der Waals surface area contributed by atoms with Gasteiger partial charge in [0.15, 0.2) is 16.4 Å². The third kappa shape index (κ3) is 5.23. The van der Waals surface area contributed by atoms with E-state index in [4.69, 9.17) is 4.74 Å². The lowest BCUT2D eigenvalue weighted by Crippen LogP contribution is -2.35. The Balaban J connectivity index is 1.76. The van der Waals surface area contributed by atoms with E-state index in [0.717, 1.165) is 41.5 Å². The van der Waals surface area contributed by atoms with Gasteiger partial charge >= 0.3 is 5.97 Å². The van der Waals surface area contributed by atoms with Crippen LogP contribution >= 0.6 is 11.8 Å². The van der Waals surface area contributed by atoms with Crippen LogP contribution in [0.2, 0.25) is 0 Å². The van der Waals surface area contributed by atoms with Crippen molar-refractivity contribution in [3.8, 4) is 0 Å². The Morgan fingerprint density at radius 1 is 1.26 bits per heavy atom. The van der Waals surface area contributed by atoms with Gasteiger partial charge in [-0.2, -0.15) is 0 Å². The van der Waals surface area contributed by atoms with Crippen molar-refractivity contribution in [1.82, 2.24) is 0 Å². The minimum absolute atomic E-state index is 0.215. The molecule has 0 aliphatic carbocycles. The number of hydrogen-bond acceptors (Lipinski definition) is 8. The van der Waals surface area contributed by atoms with E-state index in [9.17, 15) is 28.1 Å². The van der Waals surface area contributed by atoms with Crippen LogP contribution in [0.4, 0.5) is 11.4 Å². The predicted molar refractivity (Wildman–Crippen MR) is 115 cm³/mol. The van der Waals surface area contributed by atoms with Crippen LogP contribution in [0, 0.1) is 10.1 Å². The summed E-state index contributed by atoms with van der Waals surface area (Å²) >= 11 is 1.67. The molecule has 2 aromatic rings. The molecule has 0 unspecified atom stereocenters. The molecule has 1 aliphatic heterocycles. The molecule has 2 aromatic carbocycles. The van der Waals surface area contributed by atoms with E-state index >= 15 is 0 Å². The highest BCUT2D eigenvalue weighted by atomic mass is 32.2. The topological polar surface area (TPSA) is 124 Å². The Morgan fingerprint density at radius 3 is 2.65 bits per heavy atom. The van der Waals surface area contributed by atoms with Crippen LogP contribution in [0.3, 0.4) is 0 Å². The van der Waals surface area contributed by atoms with Gasteiger partial charge in [-0.25, -0.2) is 13.2 Å². The molecular formula is C20H20N2O7S2. The molecule has 0 radical (unpaired) electrons. The molecule has 1 heterocycles. The second-order valence-corrected chi connectivity index (χ2v) is 10.5. The van der Waals surface area contributed by atoms with Crippen molar-refractivity contribution in [2.45, 2.75) is 28.4 Å². The molecule has 0 fully saturated rings. The second-order valence-electron chi connectivity index (χ2n) is 7.02. The highest BCUT2D eigenvalue weighted by Gasteiger charge is 2.27. The number of fused-ring (bicyclic) bond motifs is 1. The number of carbonyl (C=O) groups excluding carboxylic acids is 2. The maximum atomic E-state index is 12.8. The van der Waals surface area contributed by atoms with Gasteiger partial charge in [0.25, 0.3) is 11.6 Å². The van der Waals surface area contributed by atoms with Gasteiger partial charge in [0.05, 0.1) is 16.2 Å². The van der Waals surface area contributed by atoms with E-state index < -0.39 is 43.8 Å². The molecule has 3 rings (SSSR count). The zero-order valence-electron chi connectivity index (χ0n) is 16.8. The summed E-state index contributed by atoms with van der Waals surface area (Å²) in [6.07, 6.45) is 1.60. The van der Waals surface area contributed by atoms with E-state index in [1.807, 2.05) is 24.3 Å². The molecule has 1 amide bonds. The standard InChI is InChI=1S/C20H20N2O7S2/c1-13-9-10-21(15-5-3-4-6-17(15)30-13)19(23)12-29-20(24)14-7-8-18(31(2,27)28)16(11-14)22(25)26/h3-8,11,13H,9-10,12H2,1-2H3/t13-/m1/s1. The first-order chi connectivity index (χ1) is 14.6. The van der Waals surface area contributed by atoms with Crippen LogP contribution < -0.4 is 4.90 Å². The normalized spacial score (nSPS) is 16.2. The number of sulfone groups is 1. The summed E-state index contributed by atoms with van der Waals surface area (Å²) in [6, 6.07) is 10.4. The Labute approximate surface area is 183 Å². The SMILES string of the molecule is C[C@@H]1CCN(C(=O)COC(=O)c2ccc(S(C)(=O)=O)c([N+](=O)[O-])c2)c2ccccc2S1. The smallest absolute Gasteiger partial charge is 0.338 e. The molecule has 31 heavy (non-hydrogen) atoms. The lowest BCUT2D eigenvalue weighted by atomic mass is 10.2. The highest BCUT2D eigenvalue weighted by Crippen LogP contribution is 2.37. The first-order valence-corrected chi connectivity index (χ1v) is 12.1. The Hall–Kier alpha value is -2.92. The van der Waals surface area contributed by atoms with Crippen LogP contribution in [0.5, 0.6) is 0 Å². The summed E-state index contributed by atoms with van der Waals surface area (Å²) in [6.45, 7) is 1.99. The summed E-state index contributed by atoms with van der Waals surface area (Å²) in [4.78, 5) is 37.5. The minimum Gasteiger partial charge on any atom is -0.452 e. The Morgan fingerprint density at radius 2 is 1.97 bits per heavy atom. The molecule has 0 aromatic heterocycles. The van der Waals surface area contributed by atoms with Crippen LogP contribution in [0.25, 0.3) is 0 Å². The van der Waals surface area contributed by atoms with Crippen LogP contribution in [-0.2, 0) is 19.4 Å². The number of anilines is 1. The summed E-state index contributed by atoms with van der Waals surface area (Å²) in [5.41, 5.74) is -0.200. The molecule has 164 valence electrons. The largest absolute Gasteiger partial charge is 0.452 e. The van der Waals surface area contributed by atoms with Gasteiger partial charge in [0.1, 0.15) is 4.90 Å². The third-order valence-corrected chi connectivity index (χ3v) is 7.04. The van der Waals surface area contributed by atoms with Gasteiger partial charge in [0, 0.05) is 29.0 Å². The van der Waals surface area contributed by atoms with E-state index in [0.29, 0.717) is 11.8 Å². The summed E-state index contributed by atoms with van der Waals surface area (Å²) in [7, 11) is -3.85. The number of nitrogens with zero attached hydrogens (tertiary/aromatic N) is 2. The first-order valence-electron chi connectivity index (χ1n) is 9.29. The van der Waals surface area contributed by atoms with Gasteiger partial charge in [-0.05, 0) is 30.7 Å². The number of nitro benzene ring substituents is 1. The van der Waals surface area contributed by atoms with Crippen molar-refractivity contribution < 1.29 is 27.7 Å². The van der Waals surface area contributed by atoms with Crippen LogP contribution in [0.1, 0.15) is 23.7 Å². The van der Waals surface area contributed by atoms with E-state index in [-0.39, 0.29) is 5.56 Å². The second kappa shape index (κ2) is 9.06. The highest BCUT2D eigenvalue weighted by molar-refractivity contribution is 8.00. The predicted octanol–water partition coefficient (Wildman–Crippen LogP) is 3.07. The van der Waals surface area contributed by atoms with Gasteiger partial charge < -0.3 is 9.64 Å². The molecule has 11 heteroatoms. The summed E-state index contributed by atoms with van der Waals surface area (Å²) < 4.78 is 28.5. The van der Waals surface area contributed by atoms with Crippen molar-refractivity contribution >= 4 is 44.9 Å². The number of benzene rings is 2. The van der Waals surface area contributed by atoms with Gasteiger partial charge in [-0.15, -0.1) is 11.8 Å². The van der Waals surface area contributed by atoms with E-state index in [1.165, 1.54) is 0 Å². The zero-order valence-corrected chi connectivity index (χ0v) is 18.4. The number of ether oxygens (including phenoxy) is 1. The van der Waals surface area contributed by atoms with Crippen molar-refractivity contribution in [2.75, 3.05) is 24.3 Å². The number of esters is 1. The van der Waals surface area contributed by atoms with Crippen LogP contribution in [-0.4, -0.2) is 49.9 Å². The molecule has 1 atom stereocenters. The lowest BCUT2D eigenvalue weighted by Gasteiger charge is -2.22. The number of para-hydroxylation sites is 1. The molecule has 9 nitrogen and oxygen atoms in total. The lowest BCUT2D eigenvalue weighted by molar-refractivity contribution is -0.387. The Bertz CT molecular complexity index is 1150.